The van der Waals surface area contributed by atoms with Gasteiger partial charge in [-0.25, -0.2) is 0 Å². The Hall–Kier alpha value is -0.580. The van der Waals surface area contributed by atoms with Gasteiger partial charge in [-0.3, -0.25) is 0 Å². The molecule has 1 aromatic rings. The number of likely N-dealkylation sites (tertiary alicyclic amines) is 1. The van der Waals surface area contributed by atoms with E-state index >= 15 is 0 Å². The molecule has 1 aromatic carbocycles. The highest BCUT2D eigenvalue weighted by molar-refractivity contribution is 9.10. The van der Waals surface area contributed by atoms with Gasteiger partial charge in [-0.05, 0) is 79.1 Å². The molecule has 0 atom stereocenters. The number of hydrogen-bond acceptors (Lipinski definition) is 3. The van der Waals surface area contributed by atoms with E-state index in [-0.39, 0.29) is 0 Å². The van der Waals surface area contributed by atoms with Crippen molar-refractivity contribution in [1.29, 1.82) is 0 Å². The minimum Gasteiger partial charge on any atom is -0.373 e. The highest BCUT2D eigenvalue weighted by Gasteiger charge is 2.19. The Kier molecular flexibility index (Phi) is 6.52. The summed E-state index contributed by atoms with van der Waals surface area (Å²) < 4.78 is 1.20. The van der Waals surface area contributed by atoms with Crippen LogP contribution in [0.3, 0.4) is 0 Å². The van der Waals surface area contributed by atoms with Gasteiger partial charge in [-0.2, -0.15) is 0 Å². The Morgan fingerprint density at radius 1 is 1.33 bits per heavy atom. The number of rotatable bonds is 6. The van der Waals surface area contributed by atoms with Crippen molar-refractivity contribution in [3.8, 4) is 0 Å². The summed E-state index contributed by atoms with van der Waals surface area (Å²) in [5.41, 5.74) is 2.63. The van der Waals surface area contributed by atoms with Gasteiger partial charge < -0.3 is 15.1 Å². The van der Waals surface area contributed by atoms with Gasteiger partial charge in [0, 0.05) is 24.6 Å². The number of nitrogens with one attached hydrogen (secondary N) is 1. The average molecular weight is 354 g/mol. The fourth-order valence-electron chi connectivity index (χ4n) is 2.97. The lowest BCUT2D eigenvalue weighted by Gasteiger charge is -2.32. The summed E-state index contributed by atoms with van der Waals surface area (Å²) in [5.74, 6) is 0.819. The first-order chi connectivity index (χ1) is 10.1. The molecule has 1 fully saturated rings. The largest absolute Gasteiger partial charge is 0.373 e. The number of anilines is 1. The lowest BCUT2D eigenvalue weighted by Crippen LogP contribution is -2.35. The highest BCUT2D eigenvalue weighted by Crippen LogP contribution is 2.28. The monoisotopic (exact) mass is 353 g/mol. The summed E-state index contributed by atoms with van der Waals surface area (Å²) in [6, 6.07) is 6.71. The van der Waals surface area contributed by atoms with E-state index in [4.69, 9.17) is 0 Å². The van der Waals surface area contributed by atoms with Crippen LogP contribution in [0, 0.1) is 5.92 Å². The molecule has 3 nitrogen and oxygen atoms in total. The van der Waals surface area contributed by atoms with Crippen molar-refractivity contribution in [1.82, 2.24) is 10.2 Å². The molecule has 1 heterocycles. The van der Waals surface area contributed by atoms with Crippen LogP contribution in [0.1, 0.15) is 25.3 Å². The zero-order valence-corrected chi connectivity index (χ0v) is 15.1. The van der Waals surface area contributed by atoms with Crippen LogP contribution in [0.5, 0.6) is 0 Å². The van der Waals surface area contributed by atoms with Crippen LogP contribution in [0.15, 0.2) is 22.7 Å². The molecule has 2 rings (SSSR count). The third kappa shape index (κ3) is 4.97. The first kappa shape index (κ1) is 16.8. The molecule has 4 heteroatoms. The van der Waals surface area contributed by atoms with Crippen LogP contribution < -0.4 is 10.2 Å². The Morgan fingerprint density at radius 3 is 2.67 bits per heavy atom. The molecule has 1 saturated heterocycles. The predicted octanol–water partition coefficient (Wildman–Crippen LogP) is 3.34. The molecule has 0 unspecified atom stereocenters. The molecule has 0 radical (unpaired) electrons. The minimum atomic E-state index is 0.819. The van der Waals surface area contributed by atoms with Crippen molar-refractivity contribution in [2.45, 2.75) is 26.3 Å². The van der Waals surface area contributed by atoms with Crippen LogP contribution in [0.25, 0.3) is 0 Å². The van der Waals surface area contributed by atoms with E-state index in [1.54, 1.807) is 0 Å². The smallest absolute Gasteiger partial charge is 0.0508 e. The van der Waals surface area contributed by atoms with Gasteiger partial charge >= 0.3 is 0 Å². The van der Waals surface area contributed by atoms with E-state index in [1.165, 1.54) is 41.7 Å². The minimum absolute atomic E-state index is 0.819. The topological polar surface area (TPSA) is 18.5 Å². The zero-order chi connectivity index (χ0) is 15.2. The second kappa shape index (κ2) is 8.16. The second-order valence-corrected chi connectivity index (χ2v) is 7.05. The number of benzene rings is 1. The first-order valence-electron chi connectivity index (χ1n) is 7.99. The van der Waals surface area contributed by atoms with Gasteiger partial charge in [0.25, 0.3) is 0 Å². The van der Waals surface area contributed by atoms with Gasteiger partial charge in [0.05, 0.1) is 5.69 Å². The van der Waals surface area contributed by atoms with Crippen LogP contribution >= 0.6 is 15.9 Å². The molecule has 1 aliphatic rings. The van der Waals surface area contributed by atoms with E-state index in [9.17, 15) is 0 Å². The number of piperidine rings is 1. The Balaban J connectivity index is 1.94. The molecule has 21 heavy (non-hydrogen) atoms. The van der Waals surface area contributed by atoms with Crippen molar-refractivity contribution in [3.63, 3.8) is 0 Å². The summed E-state index contributed by atoms with van der Waals surface area (Å²) in [4.78, 5) is 4.83. The highest BCUT2D eigenvalue weighted by atomic mass is 79.9. The van der Waals surface area contributed by atoms with E-state index < -0.39 is 0 Å². The standard InChI is InChI=1S/C17H28BrN3/c1-4-19-12-15-5-6-17(16(18)11-15)21(3)13-14-7-9-20(2)10-8-14/h5-6,11,14,19H,4,7-10,12-13H2,1-3H3. The Labute approximate surface area is 137 Å². The van der Waals surface area contributed by atoms with Crippen molar-refractivity contribution in [2.75, 3.05) is 45.2 Å². The second-order valence-electron chi connectivity index (χ2n) is 6.19. The molecular weight excluding hydrogens is 326 g/mol. The molecule has 1 N–H and O–H groups in total. The van der Waals surface area contributed by atoms with Gasteiger partial charge in [0.2, 0.25) is 0 Å². The average Bonchev–Trinajstić information content (AvgIpc) is 2.47. The zero-order valence-electron chi connectivity index (χ0n) is 13.5. The molecule has 0 amide bonds. The van der Waals surface area contributed by atoms with Crippen LogP contribution in [0.4, 0.5) is 5.69 Å². The lowest BCUT2D eigenvalue weighted by molar-refractivity contribution is 0.222. The van der Waals surface area contributed by atoms with E-state index in [0.29, 0.717) is 0 Å². The number of halogens is 1. The van der Waals surface area contributed by atoms with Crippen molar-refractivity contribution >= 4 is 21.6 Å². The maximum absolute atomic E-state index is 3.74. The maximum atomic E-state index is 3.74. The third-order valence-electron chi connectivity index (χ3n) is 4.37. The molecule has 0 aliphatic carbocycles. The van der Waals surface area contributed by atoms with Crippen molar-refractivity contribution < 1.29 is 0 Å². The lowest BCUT2D eigenvalue weighted by atomic mass is 9.96. The first-order valence-corrected chi connectivity index (χ1v) is 8.78. The summed E-state index contributed by atoms with van der Waals surface area (Å²) in [6.45, 7) is 7.71. The summed E-state index contributed by atoms with van der Waals surface area (Å²) in [7, 11) is 4.43. The Bertz CT molecular complexity index is 442. The van der Waals surface area contributed by atoms with E-state index in [1.807, 2.05) is 0 Å². The number of nitrogens with zero attached hydrogens (tertiary/aromatic N) is 2. The van der Waals surface area contributed by atoms with Gasteiger partial charge in [-0.1, -0.05) is 13.0 Å². The molecule has 0 spiro atoms. The van der Waals surface area contributed by atoms with Crippen molar-refractivity contribution in [3.05, 3.63) is 28.2 Å². The fraction of sp³-hybridized carbons (Fsp3) is 0.647. The summed E-state index contributed by atoms with van der Waals surface area (Å²) in [6.07, 6.45) is 2.63. The fourth-order valence-corrected chi connectivity index (χ4v) is 3.70. The van der Waals surface area contributed by atoms with Crippen molar-refractivity contribution in [2.24, 2.45) is 5.92 Å². The Morgan fingerprint density at radius 2 is 2.05 bits per heavy atom. The van der Waals surface area contributed by atoms with Gasteiger partial charge in [0.1, 0.15) is 0 Å². The molecule has 0 saturated carbocycles. The maximum Gasteiger partial charge on any atom is 0.0508 e. The van der Waals surface area contributed by atoms with E-state index in [0.717, 1.165) is 25.6 Å². The summed E-state index contributed by atoms with van der Waals surface area (Å²) in [5, 5.41) is 3.37. The van der Waals surface area contributed by atoms with Gasteiger partial charge in [0.15, 0.2) is 0 Å². The van der Waals surface area contributed by atoms with Crippen LogP contribution in [-0.2, 0) is 6.54 Å². The van der Waals surface area contributed by atoms with Crippen LogP contribution in [0.2, 0.25) is 0 Å². The molecule has 0 bridgehead atoms. The predicted molar refractivity (Wildman–Crippen MR) is 95.0 cm³/mol. The van der Waals surface area contributed by atoms with Gasteiger partial charge in [-0.15, -0.1) is 0 Å². The number of hydrogen-bond donors (Lipinski definition) is 1. The summed E-state index contributed by atoms with van der Waals surface area (Å²) >= 11 is 3.74. The SMILES string of the molecule is CCNCc1ccc(N(C)CC2CCN(C)CC2)c(Br)c1. The molecule has 0 aromatic heterocycles. The van der Waals surface area contributed by atoms with Crippen LogP contribution in [-0.4, -0.2) is 45.2 Å². The van der Waals surface area contributed by atoms with E-state index in [2.05, 4.69) is 70.3 Å². The normalized spacial score (nSPS) is 17.1. The quantitative estimate of drug-likeness (QED) is 0.845. The molecule has 1 aliphatic heterocycles. The molecular formula is C17H28BrN3. The third-order valence-corrected chi connectivity index (χ3v) is 5.01. The molecule has 118 valence electrons.